The van der Waals surface area contributed by atoms with Crippen LogP contribution in [0.15, 0.2) is 0 Å². The minimum absolute atomic E-state index is 0.0169. The third-order valence-electron chi connectivity index (χ3n) is 0.881. The van der Waals surface area contributed by atoms with Crippen molar-refractivity contribution in [2.75, 3.05) is 19.7 Å². The molecule has 50 valence electrons. The van der Waals surface area contributed by atoms with Gasteiger partial charge in [0.1, 0.15) is 0 Å². The van der Waals surface area contributed by atoms with Crippen LogP contribution in [-0.4, -0.2) is 29.8 Å². The van der Waals surface area contributed by atoms with Crippen LogP contribution in [0.25, 0.3) is 0 Å². The summed E-state index contributed by atoms with van der Waals surface area (Å²) in [5.74, 6) is 0. The topological polar surface area (TPSA) is 58.6 Å². The highest BCUT2D eigenvalue weighted by Gasteiger charge is 1.90. The van der Waals surface area contributed by atoms with E-state index in [0.29, 0.717) is 13.1 Å². The van der Waals surface area contributed by atoms with Gasteiger partial charge in [0.2, 0.25) is 0 Å². The maximum Gasteiger partial charge on any atom is 0.0572 e. The van der Waals surface area contributed by atoms with Crippen molar-refractivity contribution >= 4 is 0 Å². The number of aliphatic hydroxyl groups is 1. The zero-order chi connectivity index (χ0) is 6.41. The van der Waals surface area contributed by atoms with Crippen LogP contribution in [0.1, 0.15) is 6.92 Å². The Hall–Kier alpha value is -0.160. The van der Waals surface area contributed by atoms with Crippen molar-refractivity contribution in [2.45, 2.75) is 6.92 Å². The second kappa shape index (κ2) is 4.99. The summed E-state index contributed by atoms with van der Waals surface area (Å²) in [7, 11) is 0. The fraction of sp³-hybridized carbons (Fsp3) is 1.00. The minimum atomic E-state index is 0.0169. The van der Waals surface area contributed by atoms with Crippen molar-refractivity contribution in [3.63, 3.8) is 0 Å². The van der Waals surface area contributed by atoms with Gasteiger partial charge in [0, 0.05) is 13.1 Å². The third kappa shape index (κ3) is 2.92. The van der Waals surface area contributed by atoms with Crippen LogP contribution in [0.2, 0.25) is 0 Å². The maximum atomic E-state index is 9.82. The highest BCUT2D eigenvalue weighted by atomic mass is 16.5. The van der Waals surface area contributed by atoms with E-state index >= 15 is 0 Å². The molecule has 0 radical (unpaired) electrons. The third-order valence-corrected chi connectivity index (χ3v) is 0.881. The first-order valence-corrected chi connectivity index (χ1v) is 2.58. The Morgan fingerprint density at radius 1 is 1.75 bits per heavy atom. The molecule has 0 rings (SSSR count). The van der Waals surface area contributed by atoms with E-state index in [9.17, 15) is 5.21 Å². The van der Waals surface area contributed by atoms with Crippen LogP contribution in [-0.2, 0) is 0 Å². The number of hydrogen-bond acceptors (Lipinski definition) is 4. The molecule has 0 aliphatic carbocycles. The molecule has 0 aliphatic heterocycles. The fourth-order valence-corrected chi connectivity index (χ4v) is 0.389. The zero-order valence-corrected chi connectivity index (χ0v) is 4.92. The number of hydrazine groups is 1. The van der Waals surface area contributed by atoms with Gasteiger partial charge in [-0.3, -0.25) is 5.01 Å². The van der Waals surface area contributed by atoms with Crippen molar-refractivity contribution in [3.8, 4) is 0 Å². The van der Waals surface area contributed by atoms with Gasteiger partial charge in [0.25, 0.3) is 0 Å². The van der Waals surface area contributed by atoms with Crippen molar-refractivity contribution in [2.24, 2.45) is 0 Å². The van der Waals surface area contributed by atoms with E-state index in [4.69, 9.17) is 5.11 Å². The fourth-order valence-electron chi connectivity index (χ4n) is 0.389. The summed E-state index contributed by atoms with van der Waals surface area (Å²) in [6.45, 7) is 2.85. The number of nitrogens with zero attached hydrogens (tertiary/aromatic N) is 1. The van der Waals surface area contributed by atoms with Gasteiger partial charge in [-0.1, -0.05) is 6.92 Å². The number of rotatable bonds is 4. The van der Waals surface area contributed by atoms with Gasteiger partial charge < -0.3 is 15.9 Å². The van der Waals surface area contributed by atoms with Gasteiger partial charge in [-0.05, 0) is 0 Å². The Bertz CT molecular complexity index is 47.3. The lowest BCUT2D eigenvalue weighted by Gasteiger charge is -2.23. The molecule has 0 atom stereocenters. The van der Waals surface area contributed by atoms with Crippen molar-refractivity contribution in [1.29, 1.82) is 0 Å². The van der Waals surface area contributed by atoms with Crippen LogP contribution in [0, 0.1) is 5.21 Å². The summed E-state index contributed by atoms with van der Waals surface area (Å²) in [5.41, 5.74) is 1.68. The SMILES string of the molecule is CCN(CCO)N[O-]. The second-order valence-corrected chi connectivity index (χ2v) is 1.39. The molecule has 0 bridgehead atoms. The summed E-state index contributed by atoms with van der Waals surface area (Å²) in [6, 6.07) is 0. The van der Waals surface area contributed by atoms with Gasteiger partial charge in [-0.25, -0.2) is 0 Å². The van der Waals surface area contributed by atoms with E-state index in [2.05, 4.69) is 0 Å². The Morgan fingerprint density at radius 2 is 2.38 bits per heavy atom. The summed E-state index contributed by atoms with van der Waals surface area (Å²) in [5, 5.41) is 19.5. The smallest absolute Gasteiger partial charge is 0.0572 e. The lowest BCUT2D eigenvalue weighted by Crippen LogP contribution is -2.35. The number of hydrogen-bond donors (Lipinski definition) is 2. The van der Waals surface area contributed by atoms with E-state index < -0.39 is 0 Å². The molecule has 2 N–H and O–H groups in total. The van der Waals surface area contributed by atoms with Crippen LogP contribution in [0.3, 0.4) is 0 Å². The first-order chi connectivity index (χ1) is 3.85. The average Bonchev–Trinajstić information content (AvgIpc) is 1.83. The van der Waals surface area contributed by atoms with E-state index in [1.54, 1.807) is 5.59 Å². The van der Waals surface area contributed by atoms with Crippen LogP contribution in [0.4, 0.5) is 0 Å². The monoisotopic (exact) mass is 119 g/mol. The normalized spacial score (nSPS) is 10.5. The van der Waals surface area contributed by atoms with Crippen molar-refractivity contribution in [3.05, 3.63) is 5.21 Å². The molecule has 0 unspecified atom stereocenters. The molecule has 0 amide bonds. The molecule has 0 aliphatic rings. The van der Waals surface area contributed by atoms with E-state index in [0.717, 1.165) is 0 Å². The van der Waals surface area contributed by atoms with Crippen LogP contribution >= 0.6 is 0 Å². The van der Waals surface area contributed by atoms with Crippen molar-refractivity contribution < 1.29 is 5.11 Å². The summed E-state index contributed by atoms with van der Waals surface area (Å²) in [6.07, 6.45) is 0. The number of likely N-dealkylation sites (N-methyl/N-ethyl adjacent to an activating group) is 1. The standard InChI is InChI=1S/C4H11N2O2/c1-2-6(5-8)3-4-7/h5,7H,2-4H2,1H3/q-1. The Morgan fingerprint density at radius 3 is 2.50 bits per heavy atom. The predicted octanol–water partition coefficient (Wildman–Crippen LogP) is -0.697. The molecule has 4 heteroatoms. The van der Waals surface area contributed by atoms with Gasteiger partial charge in [-0.2, -0.15) is 0 Å². The molecule has 4 nitrogen and oxygen atoms in total. The van der Waals surface area contributed by atoms with Gasteiger partial charge in [0.15, 0.2) is 0 Å². The average molecular weight is 119 g/mol. The highest BCUT2D eigenvalue weighted by Crippen LogP contribution is 1.75. The molecule has 0 aromatic rings. The minimum Gasteiger partial charge on any atom is -0.774 e. The quantitative estimate of drug-likeness (QED) is 0.480. The molecule has 8 heavy (non-hydrogen) atoms. The van der Waals surface area contributed by atoms with E-state index in [1.807, 2.05) is 6.92 Å². The molecular formula is C4H11N2O2-. The maximum absolute atomic E-state index is 9.82. The van der Waals surface area contributed by atoms with Gasteiger partial charge in [0.05, 0.1) is 6.61 Å². The Labute approximate surface area is 48.7 Å². The summed E-state index contributed by atoms with van der Waals surface area (Å²) in [4.78, 5) is 0. The first kappa shape index (κ1) is 7.84. The van der Waals surface area contributed by atoms with Crippen LogP contribution in [0.5, 0.6) is 0 Å². The molecule has 0 saturated carbocycles. The lowest BCUT2D eigenvalue weighted by atomic mass is 10.6. The van der Waals surface area contributed by atoms with Crippen LogP contribution < -0.4 is 5.59 Å². The molecule has 0 saturated heterocycles. The second-order valence-electron chi connectivity index (χ2n) is 1.39. The highest BCUT2D eigenvalue weighted by molar-refractivity contribution is 4.45. The lowest BCUT2D eigenvalue weighted by molar-refractivity contribution is 0.171. The first-order valence-electron chi connectivity index (χ1n) is 2.58. The molecule has 0 fully saturated rings. The van der Waals surface area contributed by atoms with Gasteiger partial charge in [-0.15, -0.1) is 0 Å². The molecule has 0 heterocycles. The zero-order valence-electron chi connectivity index (χ0n) is 4.92. The molecule has 0 spiro atoms. The summed E-state index contributed by atoms with van der Waals surface area (Å²) < 4.78 is 0. The largest absolute Gasteiger partial charge is 0.774 e. The Balaban J connectivity index is 3.07. The molecular weight excluding hydrogens is 108 g/mol. The predicted molar refractivity (Wildman–Crippen MR) is 30.8 cm³/mol. The molecule has 0 aromatic heterocycles. The summed E-state index contributed by atoms with van der Waals surface area (Å²) >= 11 is 0. The number of aliphatic hydroxyl groups excluding tert-OH is 1. The van der Waals surface area contributed by atoms with Crippen molar-refractivity contribution in [1.82, 2.24) is 10.6 Å². The van der Waals surface area contributed by atoms with E-state index in [1.165, 1.54) is 5.01 Å². The van der Waals surface area contributed by atoms with E-state index in [-0.39, 0.29) is 6.61 Å². The Kier molecular flexibility index (Phi) is 4.89. The van der Waals surface area contributed by atoms with Gasteiger partial charge >= 0.3 is 0 Å². The number of nitrogens with one attached hydrogen (secondary N) is 1. The molecule has 0 aromatic carbocycles.